The molecule has 5 rings (SSSR count). The number of carbonyl (C=O) groups excluding carboxylic acids is 2. The summed E-state index contributed by atoms with van der Waals surface area (Å²) in [5.41, 5.74) is 5.00. The Morgan fingerprint density at radius 2 is 1.44 bits per heavy atom. The fourth-order valence-corrected chi connectivity index (χ4v) is 5.25. The summed E-state index contributed by atoms with van der Waals surface area (Å²) in [6.07, 6.45) is 3.48. The molecule has 1 saturated carbocycles. The van der Waals surface area contributed by atoms with Gasteiger partial charge in [0.1, 0.15) is 6.04 Å². The first-order valence-electron chi connectivity index (χ1n) is 14.3. The van der Waals surface area contributed by atoms with Crippen molar-refractivity contribution in [1.29, 1.82) is 0 Å². The molecular weight excluding hydrogens is 530 g/mol. The van der Waals surface area contributed by atoms with E-state index in [4.69, 9.17) is 11.6 Å². The van der Waals surface area contributed by atoms with Gasteiger partial charge in [0.15, 0.2) is 0 Å². The average molecular weight is 566 g/mol. The third kappa shape index (κ3) is 8.29. The molecule has 0 heterocycles. The molecule has 4 aromatic carbocycles. The number of carbonyl (C=O) groups is 2. The molecule has 2 amide bonds. The van der Waals surface area contributed by atoms with Crippen LogP contribution in [0.15, 0.2) is 109 Å². The minimum atomic E-state index is -0.624. The van der Waals surface area contributed by atoms with E-state index < -0.39 is 6.04 Å². The van der Waals surface area contributed by atoms with E-state index in [-0.39, 0.29) is 11.8 Å². The number of benzene rings is 4. The highest BCUT2D eigenvalue weighted by molar-refractivity contribution is 6.30. The molecule has 3 atom stereocenters. The largest absolute Gasteiger partial charge is 0.350 e. The van der Waals surface area contributed by atoms with Crippen LogP contribution in [-0.4, -0.2) is 30.4 Å². The van der Waals surface area contributed by atoms with Gasteiger partial charge >= 0.3 is 0 Å². The summed E-state index contributed by atoms with van der Waals surface area (Å²) in [5, 5.41) is 10.3. The Labute approximate surface area is 247 Å². The smallest absolute Gasteiger partial charge is 0.251 e. The summed E-state index contributed by atoms with van der Waals surface area (Å²) in [7, 11) is 0. The third-order valence-electron chi connectivity index (χ3n) is 7.60. The molecule has 0 aliphatic heterocycles. The summed E-state index contributed by atoms with van der Waals surface area (Å²) >= 11 is 5.99. The standard InChI is InChI=1S/C35H36ClN3O2/c36-30-20-14-25(15-21-30)24-38-35(41)32(13-7-8-22-37-33-23-31(33)28-11-5-2-6-12-28)39-34(40)29-18-16-27(17-19-29)26-9-3-1-4-10-26/h1-6,9-12,14-21,31-33,37H,7-8,13,22-24H2,(H,38,41)(H,39,40)/t31?,32-,33?/m0/s1. The molecule has 0 bridgehead atoms. The van der Waals surface area contributed by atoms with E-state index in [2.05, 4.69) is 46.3 Å². The molecule has 1 aliphatic carbocycles. The van der Waals surface area contributed by atoms with Crippen LogP contribution in [0.2, 0.25) is 5.02 Å². The molecule has 0 aromatic heterocycles. The maximum absolute atomic E-state index is 13.2. The number of nitrogens with one attached hydrogen (secondary N) is 3. The van der Waals surface area contributed by atoms with Gasteiger partial charge in [0.2, 0.25) is 5.91 Å². The molecule has 1 aliphatic rings. The molecule has 0 spiro atoms. The molecule has 2 unspecified atom stereocenters. The molecule has 41 heavy (non-hydrogen) atoms. The Balaban J connectivity index is 1.14. The second-order valence-electron chi connectivity index (χ2n) is 10.6. The maximum Gasteiger partial charge on any atom is 0.251 e. The first-order chi connectivity index (χ1) is 20.1. The zero-order chi connectivity index (χ0) is 28.4. The van der Waals surface area contributed by atoms with Crippen LogP contribution in [-0.2, 0) is 11.3 Å². The Bertz CT molecular complexity index is 1410. The Kier molecular flexibility index (Phi) is 9.84. The predicted octanol–water partition coefficient (Wildman–Crippen LogP) is 6.74. The summed E-state index contributed by atoms with van der Waals surface area (Å²) in [5.74, 6) is 0.154. The molecular formula is C35H36ClN3O2. The molecule has 3 N–H and O–H groups in total. The lowest BCUT2D eigenvalue weighted by Crippen LogP contribution is -2.46. The van der Waals surface area contributed by atoms with Crippen LogP contribution in [0.5, 0.6) is 0 Å². The minimum absolute atomic E-state index is 0.187. The number of halogens is 1. The van der Waals surface area contributed by atoms with Gasteiger partial charge in [-0.2, -0.15) is 0 Å². The fourth-order valence-electron chi connectivity index (χ4n) is 5.12. The first-order valence-corrected chi connectivity index (χ1v) is 14.7. The van der Waals surface area contributed by atoms with Gasteiger partial charge in [-0.25, -0.2) is 0 Å². The van der Waals surface area contributed by atoms with Crippen LogP contribution in [0.3, 0.4) is 0 Å². The van der Waals surface area contributed by atoms with Crippen LogP contribution in [0.25, 0.3) is 11.1 Å². The Morgan fingerprint density at radius 1 is 0.780 bits per heavy atom. The van der Waals surface area contributed by atoms with Gasteiger partial charge < -0.3 is 16.0 Å². The number of amides is 2. The van der Waals surface area contributed by atoms with Crippen LogP contribution >= 0.6 is 11.6 Å². The summed E-state index contributed by atoms with van der Waals surface area (Å²) in [4.78, 5) is 26.4. The average Bonchev–Trinajstić information content (AvgIpc) is 3.80. The lowest BCUT2D eigenvalue weighted by Gasteiger charge is -2.19. The normalized spacial score (nSPS) is 16.5. The van der Waals surface area contributed by atoms with E-state index in [1.54, 1.807) is 12.1 Å². The highest BCUT2D eigenvalue weighted by Crippen LogP contribution is 2.40. The molecule has 0 saturated heterocycles. The topological polar surface area (TPSA) is 70.2 Å². The number of rotatable bonds is 13. The predicted molar refractivity (Wildman–Crippen MR) is 166 cm³/mol. The highest BCUT2D eigenvalue weighted by atomic mass is 35.5. The zero-order valence-electron chi connectivity index (χ0n) is 23.1. The van der Waals surface area contributed by atoms with E-state index in [0.717, 1.165) is 36.1 Å². The van der Waals surface area contributed by atoms with Crippen LogP contribution in [0.1, 0.15) is 53.1 Å². The van der Waals surface area contributed by atoms with Crippen molar-refractivity contribution in [2.75, 3.05) is 6.54 Å². The molecule has 210 valence electrons. The van der Waals surface area contributed by atoms with Crippen LogP contribution in [0, 0.1) is 0 Å². The minimum Gasteiger partial charge on any atom is -0.350 e. The Morgan fingerprint density at radius 3 is 2.15 bits per heavy atom. The number of hydrogen-bond donors (Lipinski definition) is 3. The highest BCUT2D eigenvalue weighted by Gasteiger charge is 2.37. The zero-order valence-corrected chi connectivity index (χ0v) is 23.8. The summed E-state index contributed by atoms with van der Waals surface area (Å²) in [6.45, 7) is 1.26. The van der Waals surface area contributed by atoms with Crippen molar-refractivity contribution < 1.29 is 9.59 Å². The van der Waals surface area contributed by atoms with Crippen LogP contribution in [0.4, 0.5) is 0 Å². The molecule has 5 nitrogen and oxygen atoms in total. The van der Waals surface area contributed by atoms with Gasteiger partial charge in [-0.05, 0) is 78.7 Å². The van der Waals surface area contributed by atoms with Crippen molar-refractivity contribution in [1.82, 2.24) is 16.0 Å². The molecule has 0 radical (unpaired) electrons. The first kappa shape index (κ1) is 28.6. The second-order valence-corrected chi connectivity index (χ2v) is 11.1. The third-order valence-corrected chi connectivity index (χ3v) is 7.85. The number of unbranched alkanes of at least 4 members (excludes halogenated alkanes) is 1. The van der Waals surface area contributed by atoms with Gasteiger partial charge in [0, 0.05) is 29.1 Å². The molecule has 1 fully saturated rings. The van der Waals surface area contributed by atoms with Crippen molar-refractivity contribution in [2.45, 2.75) is 50.2 Å². The summed E-state index contributed by atoms with van der Waals surface area (Å²) < 4.78 is 0. The summed E-state index contributed by atoms with van der Waals surface area (Å²) in [6, 6.07) is 35.4. The van der Waals surface area contributed by atoms with Crippen molar-refractivity contribution in [3.8, 4) is 11.1 Å². The second kappa shape index (κ2) is 14.1. The number of hydrogen-bond acceptors (Lipinski definition) is 3. The van der Waals surface area contributed by atoms with E-state index in [1.165, 1.54) is 12.0 Å². The quantitative estimate of drug-likeness (QED) is 0.157. The van der Waals surface area contributed by atoms with E-state index in [1.807, 2.05) is 66.7 Å². The fraction of sp³-hybridized carbons (Fsp3) is 0.257. The molecule has 4 aromatic rings. The van der Waals surface area contributed by atoms with Gasteiger partial charge in [-0.15, -0.1) is 0 Å². The van der Waals surface area contributed by atoms with Gasteiger partial charge in [-0.3, -0.25) is 9.59 Å². The van der Waals surface area contributed by atoms with Crippen molar-refractivity contribution >= 4 is 23.4 Å². The maximum atomic E-state index is 13.2. The lowest BCUT2D eigenvalue weighted by molar-refractivity contribution is -0.123. The monoisotopic (exact) mass is 565 g/mol. The van der Waals surface area contributed by atoms with Crippen LogP contribution < -0.4 is 16.0 Å². The van der Waals surface area contributed by atoms with Crippen molar-refractivity contribution in [2.24, 2.45) is 0 Å². The van der Waals surface area contributed by atoms with Gasteiger partial charge in [0.05, 0.1) is 0 Å². The van der Waals surface area contributed by atoms with Gasteiger partial charge in [0.25, 0.3) is 5.91 Å². The van der Waals surface area contributed by atoms with E-state index in [0.29, 0.717) is 35.5 Å². The van der Waals surface area contributed by atoms with Crippen molar-refractivity contribution in [3.63, 3.8) is 0 Å². The lowest BCUT2D eigenvalue weighted by atomic mass is 10.0. The SMILES string of the molecule is O=C(N[C@@H](CCCCNC1CC1c1ccccc1)C(=O)NCc1ccc(Cl)cc1)c1ccc(-c2ccccc2)cc1. The Hall–Kier alpha value is -3.93. The van der Waals surface area contributed by atoms with Gasteiger partial charge in [-0.1, -0.05) is 96.5 Å². The van der Waals surface area contributed by atoms with E-state index >= 15 is 0 Å². The molecule has 6 heteroatoms. The van der Waals surface area contributed by atoms with E-state index in [9.17, 15) is 9.59 Å². The van der Waals surface area contributed by atoms with Crippen molar-refractivity contribution in [3.05, 3.63) is 131 Å².